The molecule has 1 aromatic heterocycles. The van der Waals surface area contributed by atoms with Gasteiger partial charge >= 0.3 is 0 Å². The van der Waals surface area contributed by atoms with Gasteiger partial charge < -0.3 is 10.3 Å². The van der Waals surface area contributed by atoms with Crippen LogP contribution in [0.15, 0.2) is 35.6 Å². The second kappa shape index (κ2) is 4.61. The van der Waals surface area contributed by atoms with Crippen LogP contribution in [0.3, 0.4) is 0 Å². The van der Waals surface area contributed by atoms with Gasteiger partial charge in [-0.05, 0) is 24.6 Å². The predicted octanol–water partition coefficient (Wildman–Crippen LogP) is 2.60. The van der Waals surface area contributed by atoms with Crippen molar-refractivity contribution >= 4 is 17.4 Å². The summed E-state index contributed by atoms with van der Waals surface area (Å²) in [5.41, 5.74) is 9.21. The molecular weight excluding hydrogens is 218 g/mol. The van der Waals surface area contributed by atoms with Crippen molar-refractivity contribution in [3.8, 4) is 0 Å². The van der Waals surface area contributed by atoms with Crippen molar-refractivity contribution in [3.63, 3.8) is 0 Å². The average molecular weight is 233 g/mol. The Morgan fingerprint density at radius 1 is 1.44 bits per heavy atom. The Morgan fingerprint density at radius 2 is 2.25 bits per heavy atom. The number of aryl methyl sites for hydroxylation is 2. The number of nitrogens with two attached hydrogens (primary N) is 1. The fraction of sp³-hybridized carbons (Fsp3) is 0.250. The fourth-order valence-corrected chi connectivity index (χ4v) is 2.45. The van der Waals surface area contributed by atoms with Crippen molar-refractivity contribution in [1.29, 1.82) is 0 Å². The van der Waals surface area contributed by atoms with Gasteiger partial charge in [-0.3, -0.25) is 0 Å². The van der Waals surface area contributed by atoms with Gasteiger partial charge in [-0.1, -0.05) is 6.07 Å². The Kier molecular flexibility index (Phi) is 3.19. The molecule has 0 atom stereocenters. The molecule has 2 rings (SSSR count). The van der Waals surface area contributed by atoms with Crippen LogP contribution in [0.5, 0.6) is 0 Å². The van der Waals surface area contributed by atoms with Crippen LogP contribution >= 0.6 is 11.8 Å². The molecule has 0 radical (unpaired) electrons. The molecule has 0 bridgehead atoms. The topological polar surface area (TPSA) is 43.8 Å². The zero-order valence-electron chi connectivity index (χ0n) is 9.47. The maximum Gasteiger partial charge on any atom is 0.0945 e. The highest BCUT2D eigenvalue weighted by molar-refractivity contribution is 7.98. The second-order valence-corrected chi connectivity index (χ2v) is 4.84. The van der Waals surface area contributed by atoms with E-state index in [-0.39, 0.29) is 0 Å². The van der Waals surface area contributed by atoms with Gasteiger partial charge in [0.05, 0.1) is 6.33 Å². The molecule has 0 fully saturated rings. The second-order valence-electron chi connectivity index (χ2n) is 3.83. The van der Waals surface area contributed by atoms with E-state index < -0.39 is 0 Å². The van der Waals surface area contributed by atoms with Crippen molar-refractivity contribution in [2.24, 2.45) is 7.05 Å². The summed E-state index contributed by atoms with van der Waals surface area (Å²) < 4.78 is 2.03. The first kappa shape index (κ1) is 11.1. The highest BCUT2D eigenvalue weighted by atomic mass is 32.2. The number of anilines is 1. The summed E-state index contributed by atoms with van der Waals surface area (Å²) in [6.45, 7) is 2.05. The molecule has 4 heteroatoms. The smallest absolute Gasteiger partial charge is 0.0945 e. The molecular formula is C12H15N3S. The van der Waals surface area contributed by atoms with Crippen LogP contribution in [0.25, 0.3) is 0 Å². The normalized spacial score (nSPS) is 10.6. The molecule has 0 amide bonds. The first-order valence-electron chi connectivity index (χ1n) is 5.11. The summed E-state index contributed by atoms with van der Waals surface area (Å²) in [6, 6.07) is 6.17. The molecule has 0 aliphatic heterocycles. The van der Waals surface area contributed by atoms with Gasteiger partial charge in [-0.25, -0.2) is 4.98 Å². The number of nitrogens with zero attached hydrogens (tertiary/aromatic N) is 2. The number of rotatable bonds is 3. The first-order chi connectivity index (χ1) is 7.66. The number of hydrogen-bond acceptors (Lipinski definition) is 3. The molecule has 16 heavy (non-hydrogen) atoms. The van der Waals surface area contributed by atoms with Crippen LogP contribution in [0.1, 0.15) is 11.3 Å². The first-order valence-corrected chi connectivity index (χ1v) is 6.09. The van der Waals surface area contributed by atoms with Gasteiger partial charge in [0.25, 0.3) is 0 Å². The van der Waals surface area contributed by atoms with Crippen LogP contribution in [-0.4, -0.2) is 9.55 Å². The SMILES string of the molecule is Cc1ccc(SCc2cncn2C)c(N)c1. The molecule has 0 saturated heterocycles. The maximum absolute atomic E-state index is 5.96. The Labute approximate surface area is 99.7 Å². The van der Waals surface area contributed by atoms with Gasteiger partial charge in [0.1, 0.15) is 0 Å². The number of thioether (sulfide) groups is 1. The predicted molar refractivity (Wildman–Crippen MR) is 68.4 cm³/mol. The quantitative estimate of drug-likeness (QED) is 0.654. The van der Waals surface area contributed by atoms with Crippen LogP contribution in [0.2, 0.25) is 0 Å². The van der Waals surface area contributed by atoms with Gasteiger partial charge in [0, 0.05) is 35.3 Å². The molecule has 0 aliphatic carbocycles. The van der Waals surface area contributed by atoms with Gasteiger partial charge in [0.15, 0.2) is 0 Å². The van der Waals surface area contributed by atoms with Crippen LogP contribution in [0.4, 0.5) is 5.69 Å². The van der Waals surface area contributed by atoms with Crippen LogP contribution < -0.4 is 5.73 Å². The minimum absolute atomic E-state index is 0.854. The van der Waals surface area contributed by atoms with Crippen molar-refractivity contribution in [1.82, 2.24) is 9.55 Å². The maximum atomic E-state index is 5.96. The molecule has 0 aliphatic rings. The summed E-state index contributed by atoms with van der Waals surface area (Å²) in [5.74, 6) is 0.893. The molecule has 1 aromatic carbocycles. The Morgan fingerprint density at radius 3 is 2.88 bits per heavy atom. The van der Waals surface area contributed by atoms with Gasteiger partial charge in [0.2, 0.25) is 0 Å². The lowest BCUT2D eigenvalue weighted by Crippen LogP contribution is -1.94. The van der Waals surface area contributed by atoms with Crippen LogP contribution in [-0.2, 0) is 12.8 Å². The van der Waals surface area contributed by atoms with E-state index in [1.165, 1.54) is 11.3 Å². The Bertz CT molecular complexity index is 491. The van der Waals surface area contributed by atoms with Gasteiger partial charge in [-0.2, -0.15) is 0 Å². The molecule has 1 heterocycles. The summed E-state index contributed by atoms with van der Waals surface area (Å²) in [6.07, 6.45) is 3.70. The van der Waals surface area contributed by atoms with E-state index in [1.54, 1.807) is 11.8 Å². The highest BCUT2D eigenvalue weighted by Crippen LogP contribution is 2.28. The third kappa shape index (κ3) is 2.39. The lowest BCUT2D eigenvalue weighted by molar-refractivity contribution is 0.867. The van der Waals surface area contributed by atoms with Crippen molar-refractivity contribution in [3.05, 3.63) is 42.0 Å². The van der Waals surface area contributed by atoms with E-state index in [9.17, 15) is 0 Å². The number of benzene rings is 1. The zero-order valence-corrected chi connectivity index (χ0v) is 10.3. The van der Waals surface area contributed by atoms with Gasteiger partial charge in [-0.15, -0.1) is 11.8 Å². The number of nitrogen functional groups attached to an aromatic ring is 1. The van der Waals surface area contributed by atoms with E-state index in [0.717, 1.165) is 16.3 Å². The lowest BCUT2D eigenvalue weighted by atomic mass is 10.2. The highest BCUT2D eigenvalue weighted by Gasteiger charge is 2.03. The number of imidazole rings is 1. The molecule has 0 spiro atoms. The number of aromatic nitrogens is 2. The van der Waals surface area contributed by atoms with Crippen molar-refractivity contribution in [2.45, 2.75) is 17.6 Å². The summed E-state index contributed by atoms with van der Waals surface area (Å²) >= 11 is 1.74. The molecule has 2 aromatic rings. The summed E-state index contributed by atoms with van der Waals surface area (Å²) in [5, 5.41) is 0. The minimum atomic E-state index is 0.854. The molecule has 2 N–H and O–H groups in total. The minimum Gasteiger partial charge on any atom is -0.398 e. The third-order valence-corrected chi connectivity index (χ3v) is 3.58. The summed E-state index contributed by atoms with van der Waals surface area (Å²) in [4.78, 5) is 5.22. The van der Waals surface area contributed by atoms with Crippen molar-refractivity contribution < 1.29 is 0 Å². The largest absolute Gasteiger partial charge is 0.398 e. The molecule has 84 valence electrons. The lowest BCUT2D eigenvalue weighted by Gasteiger charge is -2.06. The molecule has 0 unspecified atom stereocenters. The van der Waals surface area contributed by atoms with E-state index in [1.807, 2.05) is 37.1 Å². The van der Waals surface area contributed by atoms with Crippen molar-refractivity contribution in [2.75, 3.05) is 5.73 Å². The molecule has 3 nitrogen and oxygen atoms in total. The monoisotopic (exact) mass is 233 g/mol. The third-order valence-electron chi connectivity index (χ3n) is 2.46. The van der Waals surface area contributed by atoms with E-state index >= 15 is 0 Å². The van der Waals surface area contributed by atoms with E-state index in [0.29, 0.717) is 0 Å². The van der Waals surface area contributed by atoms with Crippen LogP contribution in [0, 0.1) is 6.92 Å². The van der Waals surface area contributed by atoms with E-state index in [2.05, 4.69) is 17.1 Å². The Balaban J connectivity index is 2.08. The molecule has 0 saturated carbocycles. The fourth-order valence-electron chi connectivity index (χ4n) is 1.47. The summed E-state index contributed by atoms with van der Waals surface area (Å²) in [7, 11) is 2.00. The van der Waals surface area contributed by atoms with E-state index in [4.69, 9.17) is 5.73 Å². The average Bonchev–Trinajstić information content (AvgIpc) is 2.63. The Hall–Kier alpha value is -1.42. The number of hydrogen-bond donors (Lipinski definition) is 1. The standard InChI is InChI=1S/C12H15N3S/c1-9-3-4-12(11(13)5-9)16-7-10-6-14-8-15(10)2/h3-6,8H,7,13H2,1-2H3. The zero-order chi connectivity index (χ0) is 11.5.